The van der Waals surface area contributed by atoms with E-state index in [2.05, 4.69) is 6.58 Å². The van der Waals surface area contributed by atoms with Gasteiger partial charge in [0.2, 0.25) is 0 Å². The molecule has 15 heavy (non-hydrogen) atoms. The molecule has 0 aromatic rings. The number of methoxy groups -OCH3 is 2. The third-order valence-electron chi connectivity index (χ3n) is 1.62. The van der Waals surface area contributed by atoms with Crippen molar-refractivity contribution in [2.75, 3.05) is 27.4 Å². The number of rotatable bonds is 9. The zero-order valence-corrected chi connectivity index (χ0v) is 10.6. The molecule has 0 aromatic heterocycles. The summed E-state index contributed by atoms with van der Waals surface area (Å²) in [5, 5.41) is 0. The maximum atomic E-state index is 10.6. The first-order valence-corrected chi connectivity index (χ1v) is 6.24. The van der Waals surface area contributed by atoms with Crippen LogP contribution in [0.1, 0.15) is 0 Å². The first-order chi connectivity index (χ1) is 7.24. The fraction of sp³-hybridized carbons (Fsp3) is 0.667. The van der Waals surface area contributed by atoms with Crippen molar-refractivity contribution in [3.63, 3.8) is 0 Å². The van der Waals surface area contributed by atoms with E-state index < -0.39 is 15.7 Å². The Morgan fingerprint density at radius 2 is 2.13 bits per heavy atom. The van der Waals surface area contributed by atoms with Gasteiger partial charge in [0.1, 0.15) is 0 Å². The summed E-state index contributed by atoms with van der Waals surface area (Å²) in [6, 6.07) is 0.778. The van der Waals surface area contributed by atoms with Crippen LogP contribution in [0.25, 0.3) is 0 Å². The molecule has 0 aliphatic rings. The normalized spacial score (nSPS) is 11.1. The van der Waals surface area contributed by atoms with Gasteiger partial charge in [-0.1, -0.05) is 6.58 Å². The zero-order chi connectivity index (χ0) is 11.5. The van der Waals surface area contributed by atoms with Gasteiger partial charge < -0.3 is 18.6 Å². The second-order valence-electron chi connectivity index (χ2n) is 2.70. The van der Waals surface area contributed by atoms with Gasteiger partial charge in [0, 0.05) is 20.3 Å². The molecule has 5 nitrogen and oxygen atoms in total. The second-order valence-corrected chi connectivity index (χ2v) is 4.22. The molecule has 88 valence electrons. The van der Waals surface area contributed by atoms with E-state index in [0.29, 0.717) is 13.2 Å². The van der Waals surface area contributed by atoms with Crippen molar-refractivity contribution in [3.05, 3.63) is 12.7 Å². The predicted molar refractivity (Wildman–Crippen MR) is 58.3 cm³/mol. The summed E-state index contributed by atoms with van der Waals surface area (Å²) in [5.74, 6) is -0.393. The fourth-order valence-electron chi connectivity index (χ4n) is 0.805. The van der Waals surface area contributed by atoms with Gasteiger partial charge in [-0.25, -0.2) is 4.79 Å². The zero-order valence-electron chi connectivity index (χ0n) is 9.23. The Labute approximate surface area is 92.3 Å². The van der Waals surface area contributed by atoms with Gasteiger partial charge in [-0.2, -0.15) is 0 Å². The summed E-state index contributed by atoms with van der Waals surface area (Å²) >= 11 is 0. The lowest BCUT2D eigenvalue weighted by Crippen LogP contribution is -2.21. The lowest BCUT2D eigenvalue weighted by atomic mass is 10.6. The molecule has 6 heteroatoms. The molecule has 0 fully saturated rings. The first kappa shape index (κ1) is 14.3. The Morgan fingerprint density at radius 3 is 2.67 bits per heavy atom. The summed E-state index contributed by atoms with van der Waals surface area (Å²) < 4.78 is 20.0. The highest BCUT2D eigenvalue weighted by Gasteiger charge is 2.04. The molecule has 0 spiro atoms. The highest BCUT2D eigenvalue weighted by molar-refractivity contribution is 6.27. The maximum Gasteiger partial charge on any atom is 0.330 e. The van der Waals surface area contributed by atoms with Gasteiger partial charge in [0.05, 0.1) is 13.2 Å². The number of hydrogen-bond acceptors (Lipinski definition) is 5. The summed E-state index contributed by atoms with van der Waals surface area (Å²) in [4.78, 5) is 10.6. The third kappa shape index (κ3) is 8.31. The van der Waals surface area contributed by atoms with E-state index in [1.807, 2.05) is 0 Å². The van der Waals surface area contributed by atoms with Gasteiger partial charge in [-0.15, -0.1) is 0 Å². The summed E-state index contributed by atoms with van der Waals surface area (Å²) in [7, 11) is 2.45. The van der Waals surface area contributed by atoms with E-state index in [4.69, 9.17) is 18.6 Å². The second kappa shape index (κ2) is 9.85. The van der Waals surface area contributed by atoms with Crippen LogP contribution in [-0.4, -0.2) is 49.5 Å². The predicted octanol–water partition coefficient (Wildman–Crippen LogP) is -0.147. The summed E-state index contributed by atoms with van der Waals surface area (Å²) in [5.41, 5.74) is 0. The smallest absolute Gasteiger partial charge is 0.330 e. The monoisotopic (exact) mass is 234 g/mol. The topological polar surface area (TPSA) is 54.0 Å². The molecule has 0 aliphatic heterocycles. The number of esters is 1. The quantitative estimate of drug-likeness (QED) is 0.183. The van der Waals surface area contributed by atoms with Crippen LogP contribution in [0.15, 0.2) is 12.7 Å². The number of hydrogen-bond donors (Lipinski definition) is 0. The largest absolute Gasteiger partial charge is 0.463 e. The Kier molecular flexibility index (Phi) is 9.39. The van der Waals surface area contributed by atoms with Gasteiger partial charge in [0.25, 0.3) is 0 Å². The average molecular weight is 234 g/mol. The highest BCUT2D eigenvalue weighted by Crippen LogP contribution is 1.92. The average Bonchev–Trinajstić information content (AvgIpc) is 2.28. The Morgan fingerprint density at radius 1 is 1.47 bits per heavy atom. The molecule has 0 bridgehead atoms. The molecule has 0 heterocycles. The van der Waals surface area contributed by atoms with Crippen molar-refractivity contribution in [1.29, 1.82) is 0 Å². The van der Waals surface area contributed by atoms with Gasteiger partial charge in [-0.05, 0) is 6.04 Å². The van der Waals surface area contributed by atoms with E-state index in [9.17, 15) is 4.79 Å². The third-order valence-corrected chi connectivity index (χ3v) is 2.73. The minimum Gasteiger partial charge on any atom is -0.463 e. The van der Waals surface area contributed by atoms with Crippen molar-refractivity contribution in [3.8, 4) is 0 Å². The molecule has 0 saturated heterocycles. The van der Waals surface area contributed by atoms with Crippen LogP contribution in [-0.2, 0) is 23.4 Å². The molecule has 0 atom stereocenters. The molecular weight excluding hydrogens is 216 g/mol. The molecule has 0 aliphatic carbocycles. The van der Waals surface area contributed by atoms with Crippen molar-refractivity contribution in [2.24, 2.45) is 0 Å². The van der Waals surface area contributed by atoms with Crippen LogP contribution < -0.4 is 0 Å². The van der Waals surface area contributed by atoms with E-state index in [0.717, 1.165) is 12.1 Å². The van der Waals surface area contributed by atoms with Crippen LogP contribution in [0, 0.1) is 0 Å². The summed E-state index contributed by atoms with van der Waals surface area (Å²) in [6.45, 7) is 4.11. The number of carbonyl (C=O) groups is 1. The molecule has 0 saturated carbocycles. The van der Waals surface area contributed by atoms with E-state index in [-0.39, 0.29) is 6.29 Å². The molecule has 0 radical (unpaired) electrons. The number of ether oxygens (including phenoxy) is 3. The maximum absolute atomic E-state index is 10.6. The van der Waals surface area contributed by atoms with Crippen molar-refractivity contribution in [2.45, 2.75) is 12.3 Å². The van der Waals surface area contributed by atoms with E-state index >= 15 is 0 Å². The van der Waals surface area contributed by atoms with Crippen LogP contribution in [0.2, 0.25) is 6.04 Å². The Bertz CT molecular complexity index is 181. The molecule has 0 unspecified atom stereocenters. The first-order valence-electron chi connectivity index (χ1n) is 4.67. The van der Waals surface area contributed by atoms with E-state index in [1.165, 1.54) is 0 Å². The van der Waals surface area contributed by atoms with Crippen LogP contribution in [0.4, 0.5) is 0 Å². The number of carbonyl (C=O) groups excluding carboxylic acids is 1. The Balaban J connectivity index is 3.24. The standard InChI is InChI=1S/C9H18O5Si/c1-4-8(10)13-5-6-15-14-7-9(11-2)12-3/h4,9H,1,5-7,15H2,2-3H3. The van der Waals surface area contributed by atoms with Crippen LogP contribution >= 0.6 is 0 Å². The minimum atomic E-state index is -0.672. The van der Waals surface area contributed by atoms with Crippen molar-refractivity contribution >= 4 is 15.7 Å². The highest BCUT2D eigenvalue weighted by atomic mass is 28.2. The van der Waals surface area contributed by atoms with E-state index in [1.54, 1.807) is 14.2 Å². The van der Waals surface area contributed by atoms with Crippen LogP contribution in [0.3, 0.4) is 0 Å². The summed E-state index contributed by atoms with van der Waals surface area (Å²) in [6.07, 6.45) is 0.835. The lowest BCUT2D eigenvalue weighted by Gasteiger charge is -2.13. The molecular formula is C9H18O5Si. The van der Waals surface area contributed by atoms with Gasteiger partial charge >= 0.3 is 5.97 Å². The molecule has 0 amide bonds. The van der Waals surface area contributed by atoms with Crippen molar-refractivity contribution in [1.82, 2.24) is 0 Å². The SMILES string of the molecule is C=CC(=O)OCC[SiH2]OCC(OC)OC. The van der Waals surface area contributed by atoms with Crippen molar-refractivity contribution < 1.29 is 23.4 Å². The molecule has 0 aromatic carbocycles. The lowest BCUT2D eigenvalue weighted by molar-refractivity contribution is -0.137. The molecule has 0 rings (SSSR count). The van der Waals surface area contributed by atoms with Gasteiger partial charge in [-0.3, -0.25) is 0 Å². The van der Waals surface area contributed by atoms with Crippen LogP contribution in [0.5, 0.6) is 0 Å². The molecule has 0 N–H and O–H groups in total. The fourth-order valence-corrected chi connectivity index (χ4v) is 1.63. The Hall–Kier alpha value is -0.693. The van der Waals surface area contributed by atoms with Gasteiger partial charge in [0.15, 0.2) is 16.1 Å². The minimum absolute atomic E-state index is 0.312.